The van der Waals surface area contributed by atoms with Crippen LogP contribution >= 0.6 is 11.3 Å². The van der Waals surface area contributed by atoms with Crippen LogP contribution < -0.4 is 0 Å². The number of hydrogen-bond donors (Lipinski definition) is 0. The van der Waals surface area contributed by atoms with Crippen LogP contribution in [0.25, 0.3) is 59.3 Å². The smallest absolute Gasteiger partial charge is 0.160 e. The highest BCUT2D eigenvalue weighted by atomic mass is 32.1. The average molecular weight is 685 g/mol. The first-order valence-electron chi connectivity index (χ1n) is 18.0. The number of thiophene rings is 1. The molecule has 2 nitrogen and oxygen atoms in total. The maximum absolute atomic E-state index is 5.37. The Morgan fingerprint density at radius 2 is 1.04 bits per heavy atom. The van der Waals surface area contributed by atoms with Gasteiger partial charge < -0.3 is 0 Å². The van der Waals surface area contributed by atoms with Crippen molar-refractivity contribution in [3.8, 4) is 33.4 Å². The SMILES string of the molecule is C1=C(c2ccccc2)/N=C(c2cccc(-c3cc(-c4ccc5sc6ccccc6c5c4)ccc3-c3ccccc3)c2)\N=C(\c2ccccc2)CCC/1. The number of aliphatic imine (C=N–C) groups is 2. The van der Waals surface area contributed by atoms with Gasteiger partial charge in [0, 0.05) is 25.7 Å². The largest absolute Gasteiger partial charge is 0.233 e. The zero-order chi connectivity index (χ0) is 34.7. The van der Waals surface area contributed by atoms with E-state index in [0.717, 1.165) is 58.8 Å². The summed E-state index contributed by atoms with van der Waals surface area (Å²) in [6, 6.07) is 63.0. The van der Waals surface area contributed by atoms with E-state index in [-0.39, 0.29) is 0 Å². The zero-order valence-electron chi connectivity index (χ0n) is 28.7. The van der Waals surface area contributed by atoms with Gasteiger partial charge in [0.25, 0.3) is 0 Å². The van der Waals surface area contributed by atoms with Crippen molar-refractivity contribution in [3.63, 3.8) is 0 Å². The van der Waals surface area contributed by atoms with Gasteiger partial charge in [-0.25, -0.2) is 9.98 Å². The molecule has 3 heteroatoms. The Kier molecular flexibility index (Phi) is 8.70. The van der Waals surface area contributed by atoms with Crippen LogP contribution in [-0.4, -0.2) is 11.5 Å². The lowest BCUT2D eigenvalue weighted by molar-refractivity contribution is 0.896. The molecule has 0 N–H and O–H groups in total. The minimum absolute atomic E-state index is 0.727. The normalized spacial score (nSPS) is 16.5. The second kappa shape index (κ2) is 14.2. The van der Waals surface area contributed by atoms with Gasteiger partial charge in [0.1, 0.15) is 0 Å². The molecule has 0 radical (unpaired) electrons. The Hall–Kier alpha value is -6.16. The van der Waals surface area contributed by atoms with Crippen LogP contribution in [0.3, 0.4) is 0 Å². The third-order valence-corrected chi connectivity index (χ3v) is 11.0. The van der Waals surface area contributed by atoms with Gasteiger partial charge in [-0.1, -0.05) is 152 Å². The molecule has 0 unspecified atom stereocenters. The summed E-state index contributed by atoms with van der Waals surface area (Å²) in [4.78, 5) is 10.7. The highest BCUT2D eigenvalue weighted by Gasteiger charge is 2.16. The fourth-order valence-electron chi connectivity index (χ4n) is 7.20. The van der Waals surface area contributed by atoms with Gasteiger partial charge in [-0.3, -0.25) is 0 Å². The van der Waals surface area contributed by atoms with Crippen molar-refractivity contribution in [2.45, 2.75) is 19.3 Å². The van der Waals surface area contributed by atoms with E-state index in [1.54, 1.807) is 0 Å². The summed E-state index contributed by atoms with van der Waals surface area (Å²) >= 11 is 1.86. The molecular formula is C49H36N2S. The van der Waals surface area contributed by atoms with Crippen molar-refractivity contribution in [1.29, 1.82) is 0 Å². The fourth-order valence-corrected chi connectivity index (χ4v) is 8.29. The van der Waals surface area contributed by atoms with Gasteiger partial charge in [0.15, 0.2) is 5.84 Å². The van der Waals surface area contributed by atoms with E-state index in [0.29, 0.717) is 0 Å². The molecule has 2 heterocycles. The average Bonchev–Trinajstić information content (AvgIpc) is 3.64. The van der Waals surface area contributed by atoms with Gasteiger partial charge in [-0.15, -0.1) is 11.3 Å². The van der Waals surface area contributed by atoms with Crippen LogP contribution in [0.15, 0.2) is 192 Å². The lowest BCUT2D eigenvalue weighted by Gasteiger charge is -2.15. The summed E-state index contributed by atoms with van der Waals surface area (Å²) in [5.74, 6) is 0.727. The van der Waals surface area contributed by atoms with Crippen molar-refractivity contribution in [1.82, 2.24) is 0 Å². The molecule has 0 bridgehead atoms. The first kappa shape index (κ1) is 31.8. The van der Waals surface area contributed by atoms with Gasteiger partial charge in [0.2, 0.25) is 0 Å². The second-order valence-corrected chi connectivity index (χ2v) is 14.3. The molecule has 0 saturated heterocycles. The topological polar surface area (TPSA) is 24.7 Å². The number of amidine groups is 1. The Bertz CT molecular complexity index is 2630. The highest BCUT2D eigenvalue weighted by Crippen LogP contribution is 2.40. The minimum Gasteiger partial charge on any atom is -0.233 e. The van der Waals surface area contributed by atoms with E-state index >= 15 is 0 Å². The van der Waals surface area contributed by atoms with Crippen LogP contribution in [0, 0.1) is 0 Å². The molecule has 8 aromatic rings. The zero-order valence-corrected chi connectivity index (χ0v) is 29.6. The molecule has 1 aliphatic rings. The lowest BCUT2D eigenvalue weighted by atomic mass is 9.90. The van der Waals surface area contributed by atoms with E-state index < -0.39 is 0 Å². The van der Waals surface area contributed by atoms with E-state index in [1.165, 1.54) is 48.0 Å². The third kappa shape index (κ3) is 6.43. The molecule has 0 aliphatic carbocycles. The number of allylic oxidation sites excluding steroid dienone is 1. The van der Waals surface area contributed by atoms with Gasteiger partial charge in [0.05, 0.1) is 11.4 Å². The predicted molar refractivity (Wildman–Crippen MR) is 223 cm³/mol. The molecule has 0 amide bonds. The van der Waals surface area contributed by atoms with Crippen molar-refractivity contribution >= 4 is 48.8 Å². The molecule has 7 aromatic carbocycles. The minimum atomic E-state index is 0.727. The molecule has 0 atom stereocenters. The van der Waals surface area contributed by atoms with Crippen LogP contribution in [0.2, 0.25) is 0 Å². The number of hydrogen-bond acceptors (Lipinski definition) is 3. The van der Waals surface area contributed by atoms with Crippen molar-refractivity contribution in [3.05, 3.63) is 199 Å². The molecule has 248 valence electrons. The van der Waals surface area contributed by atoms with E-state index in [9.17, 15) is 0 Å². The number of benzene rings is 7. The number of rotatable bonds is 6. The monoisotopic (exact) mass is 684 g/mol. The molecule has 0 spiro atoms. The van der Waals surface area contributed by atoms with Gasteiger partial charge in [-0.05, 0) is 94.1 Å². The van der Waals surface area contributed by atoms with Crippen molar-refractivity contribution in [2.24, 2.45) is 9.98 Å². The number of fused-ring (bicyclic) bond motifs is 3. The highest BCUT2D eigenvalue weighted by molar-refractivity contribution is 7.25. The Morgan fingerprint density at radius 1 is 0.404 bits per heavy atom. The molecule has 52 heavy (non-hydrogen) atoms. The third-order valence-electron chi connectivity index (χ3n) is 9.85. The van der Waals surface area contributed by atoms with E-state index in [1.807, 2.05) is 11.3 Å². The van der Waals surface area contributed by atoms with Crippen LogP contribution in [0.1, 0.15) is 36.0 Å². The maximum atomic E-state index is 5.37. The predicted octanol–water partition coefficient (Wildman–Crippen LogP) is 13.5. The molecule has 1 aromatic heterocycles. The lowest BCUT2D eigenvalue weighted by Crippen LogP contribution is -2.07. The van der Waals surface area contributed by atoms with Crippen molar-refractivity contribution in [2.75, 3.05) is 0 Å². The summed E-state index contributed by atoms with van der Waals surface area (Å²) in [6.45, 7) is 0. The van der Waals surface area contributed by atoms with Gasteiger partial charge >= 0.3 is 0 Å². The Morgan fingerprint density at radius 3 is 1.85 bits per heavy atom. The summed E-state index contributed by atoms with van der Waals surface area (Å²) < 4.78 is 2.64. The first-order valence-corrected chi connectivity index (χ1v) is 18.8. The second-order valence-electron chi connectivity index (χ2n) is 13.2. The van der Waals surface area contributed by atoms with E-state index in [2.05, 4.69) is 182 Å². The summed E-state index contributed by atoms with van der Waals surface area (Å²) in [6.07, 6.45) is 5.10. The van der Waals surface area contributed by atoms with E-state index in [4.69, 9.17) is 9.98 Å². The molecule has 0 saturated carbocycles. The first-order chi connectivity index (χ1) is 25.8. The summed E-state index contributed by atoms with van der Waals surface area (Å²) in [7, 11) is 0. The van der Waals surface area contributed by atoms with Crippen molar-refractivity contribution < 1.29 is 0 Å². The quantitative estimate of drug-likeness (QED) is 0.167. The number of nitrogens with zero attached hydrogens (tertiary/aromatic N) is 2. The molecular weight excluding hydrogens is 649 g/mol. The molecule has 9 rings (SSSR count). The molecule has 1 aliphatic heterocycles. The standard InChI is InChI=1S/C49H36N2S/c1-4-15-34(16-5-1)41-29-27-37(38-28-30-48-44(33-38)42-23-10-13-26-47(42)52-48)32-43(41)39-21-14-22-40(31-39)49-50-45(35-17-6-2-7-18-35)24-11-12-25-46(51-49)36-19-8-3-9-20-36/h1-10,13-24,26-33H,11-12,25H2/b45-24+,50-49-,51-46+. The fraction of sp³-hybridized carbons (Fsp3) is 0.0612. The van der Waals surface area contributed by atoms with Crippen LogP contribution in [0.5, 0.6) is 0 Å². The van der Waals surface area contributed by atoms with Crippen LogP contribution in [0.4, 0.5) is 0 Å². The summed E-state index contributed by atoms with van der Waals surface area (Å²) in [5, 5.41) is 2.62. The maximum Gasteiger partial charge on any atom is 0.160 e. The summed E-state index contributed by atoms with van der Waals surface area (Å²) in [5.41, 5.74) is 12.3. The Balaban J connectivity index is 1.21. The van der Waals surface area contributed by atoms with Gasteiger partial charge in [-0.2, -0.15) is 0 Å². The Labute approximate surface area is 308 Å². The van der Waals surface area contributed by atoms with Crippen LogP contribution in [-0.2, 0) is 0 Å². The molecule has 0 fully saturated rings.